The number of benzene rings is 2. The minimum Gasteiger partial charge on any atom is -0.330 e. The Kier molecular flexibility index (Phi) is 6.32. The van der Waals surface area contributed by atoms with Gasteiger partial charge in [-0.3, -0.25) is 4.90 Å². The van der Waals surface area contributed by atoms with Crippen LogP contribution in [0.2, 0.25) is 0 Å². The van der Waals surface area contributed by atoms with Crippen LogP contribution < -0.4 is 0 Å². The lowest BCUT2D eigenvalue weighted by Crippen LogP contribution is -2.34. The van der Waals surface area contributed by atoms with E-state index in [0.717, 1.165) is 68.2 Å². The fraction of sp³-hybridized carbons (Fsp3) is 0.458. The van der Waals surface area contributed by atoms with Crippen molar-refractivity contribution < 1.29 is 17.6 Å². The van der Waals surface area contributed by atoms with Crippen LogP contribution in [0.25, 0.3) is 11.0 Å². The molecule has 0 N–H and O–H groups in total. The summed E-state index contributed by atoms with van der Waals surface area (Å²) in [5.41, 5.74) is 1.67. The maximum absolute atomic E-state index is 13.5. The van der Waals surface area contributed by atoms with Gasteiger partial charge in [-0.25, -0.2) is 9.37 Å². The molecular formula is C24H27F4N3. The molecule has 0 atom stereocenters. The van der Waals surface area contributed by atoms with Crippen LogP contribution >= 0.6 is 0 Å². The summed E-state index contributed by atoms with van der Waals surface area (Å²) in [6, 6.07) is 11.0. The number of imidazole rings is 1. The molecule has 2 heterocycles. The van der Waals surface area contributed by atoms with E-state index in [4.69, 9.17) is 4.98 Å². The summed E-state index contributed by atoms with van der Waals surface area (Å²) in [4.78, 5) is 7.17. The molecular weight excluding hydrogens is 406 g/mol. The van der Waals surface area contributed by atoms with Gasteiger partial charge in [0.1, 0.15) is 11.6 Å². The molecule has 0 aliphatic carbocycles. The van der Waals surface area contributed by atoms with E-state index in [0.29, 0.717) is 24.0 Å². The highest BCUT2D eigenvalue weighted by Crippen LogP contribution is 2.31. The topological polar surface area (TPSA) is 21.1 Å². The normalized spacial score (nSPS) is 16.3. The number of halogens is 4. The number of alkyl halides is 3. The quantitative estimate of drug-likeness (QED) is 0.447. The number of hydrogen-bond donors (Lipinski definition) is 0. The van der Waals surface area contributed by atoms with E-state index in [2.05, 4.69) is 15.5 Å². The molecule has 0 radical (unpaired) electrons. The lowest BCUT2D eigenvalue weighted by atomic mass is 9.90. The van der Waals surface area contributed by atoms with Crippen LogP contribution in [-0.4, -0.2) is 27.5 Å². The van der Waals surface area contributed by atoms with Gasteiger partial charge in [0.05, 0.1) is 23.1 Å². The Morgan fingerprint density at radius 2 is 1.81 bits per heavy atom. The number of hydrogen-bond acceptors (Lipinski definition) is 2. The van der Waals surface area contributed by atoms with Crippen LogP contribution in [0.3, 0.4) is 0 Å². The SMILES string of the molecule is Cn1c(CN2CCC(CCCc3cc(F)cc(C(F)(F)F)c3)CC2)nc2ccccc21. The molecule has 7 heteroatoms. The maximum Gasteiger partial charge on any atom is 0.416 e. The molecule has 0 spiro atoms. The van der Waals surface area contributed by atoms with Gasteiger partial charge in [0, 0.05) is 7.05 Å². The third-order valence-corrected chi connectivity index (χ3v) is 6.31. The number of nitrogens with zero attached hydrogens (tertiary/aromatic N) is 3. The molecule has 1 saturated heterocycles. The number of aromatic nitrogens is 2. The first-order valence-electron chi connectivity index (χ1n) is 10.8. The molecule has 4 rings (SSSR count). The number of para-hydroxylation sites is 2. The number of aryl methyl sites for hydroxylation is 2. The molecule has 166 valence electrons. The molecule has 1 aliphatic rings. The van der Waals surface area contributed by atoms with Crippen LogP contribution in [0.4, 0.5) is 17.6 Å². The zero-order chi connectivity index (χ0) is 22.0. The molecule has 1 fully saturated rings. The van der Waals surface area contributed by atoms with Gasteiger partial charge in [-0.2, -0.15) is 13.2 Å². The highest BCUT2D eigenvalue weighted by atomic mass is 19.4. The monoisotopic (exact) mass is 433 g/mol. The van der Waals surface area contributed by atoms with Crippen molar-refractivity contribution in [3.63, 3.8) is 0 Å². The van der Waals surface area contributed by atoms with Gasteiger partial charge >= 0.3 is 6.18 Å². The maximum atomic E-state index is 13.5. The molecule has 2 aromatic carbocycles. The molecule has 31 heavy (non-hydrogen) atoms. The molecule has 3 aromatic rings. The number of fused-ring (bicyclic) bond motifs is 1. The molecule has 1 aromatic heterocycles. The fourth-order valence-electron chi connectivity index (χ4n) is 4.52. The summed E-state index contributed by atoms with van der Waals surface area (Å²) in [6.45, 7) is 2.81. The summed E-state index contributed by atoms with van der Waals surface area (Å²) < 4.78 is 54.3. The average Bonchev–Trinajstić information content (AvgIpc) is 3.04. The van der Waals surface area contributed by atoms with Crippen LogP contribution in [0, 0.1) is 11.7 Å². The fourth-order valence-corrected chi connectivity index (χ4v) is 4.52. The van der Waals surface area contributed by atoms with Crippen LogP contribution in [0.15, 0.2) is 42.5 Å². The van der Waals surface area contributed by atoms with Gasteiger partial charge in [0.2, 0.25) is 0 Å². The second-order valence-electron chi connectivity index (χ2n) is 8.53. The Labute approximate surface area is 179 Å². The van der Waals surface area contributed by atoms with E-state index in [9.17, 15) is 17.6 Å². The molecule has 3 nitrogen and oxygen atoms in total. The lowest BCUT2D eigenvalue weighted by Gasteiger charge is -2.31. The van der Waals surface area contributed by atoms with E-state index in [-0.39, 0.29) is 0 Å². The third-order valence-electron chi connectivity index (χ3n) is 6.31. The molecule has 0 bridgehead atoms. The van der Waals surface area contributed by atoms with Crippen molar-refractivity contribution in [3.05, 3.63) is 65.2 Å². The Morgan fingerprint density at radius 1 is 1.06 bits per heavy atom. The first-order chi connectivity index (χ1) is 14.8. The first kappa shape index (κ1) is 21.8. The minimum atomic E-state index is -4.51. The smallest absolute Gasteiger partial charge is 0.330 e. The summed E-state index contributed by atoms with van der Waals surface area (Å²) >= 11 is 0. The van der Waals surface area contributed by atoms with Crippen molar-refractivity contribution in [2.75, 3.05) is 13.1 Å². The molecule has 0 saturated carbocycles. The molecule has 0 unspecified atom stereocenters. The highest BCUT2D eigenvalue weighted by Gasteiger charge is 2.31. The Morgan fingerprint density at radius 3 is 2.52 bits per heavy atom. The van der Waals surface area contributed by atoms with Gasteiger partial charge in [-0.1, -0.05) is 18.6 Å². The Bertz CT molecular complexity index is 1030. The predicted octanol–water partition coefficient (Wildman–Crippen LogP) is 5.97. The van der Waals surface area contributed by atoms with Crippen molar-refractivity contribution in [3.8, 4) is 0 Å². The summed E-state index contributed by atoms with van der Waals surface area (Å²) in [5, 5.41) is 0. The van der Waals surface area contributed by atoms with Crippen molar-refractivity contribution in [2.45, 2.75) is 44.8 Å². The van der Waals surface area contributed by atoms with Crippen molar-refractivity contribution in [1.29, 1.82) is 0 Å². The van der Waals surface area contributed by atoms with Crippen LogP contribution in [-0.2, 0) is 26.2 Å². The van der Waals surface area contributed by atoms with Crippen molar-refractivity contribution >= 4 is 11.0 Å². The highest BCUT2D eigenvalue weighted by molar-refractivity contribution is 5.75. The second kappa shape index (κ2) is 8.99. The predicted molar refractivity (Wildman–Crippen MR) is 113 cm³/mol. The van der Waals surface area contributed by atoms with Gasteiger partial charge in [-0.05, 0) is 80.6 Å². The van der Waals surface area contributed by atoms with E-state index in [1.165, 1.54) is 6.07 Å². The zero-order valence-corrected chi connectivity index (χ0v) is 17.6. The van der Waals surface area contributed by atoms with E-state index >= 15 is 0 Å². The second-order valence-corrected chi connectivity index (χ2v) is 8.53. The summed E-state index contributed by atoms with van der Waals surface area (Å²) in [5.74, 6) is 0.804. The zero-order valence-electron chi connectivity index (χ0n) is 17.6. The van der Waals surface area contributed by atoms with Crippen LogP contribution in [0.1, 0.15) is 42.6 Å². The first-order valence-corrected chi connectivity index (χ1v) is 10.8. The van der Waals surface area contributed by atoms with Crippen molar-refractivity contribution in [1.82, 2.24) is 14.5 Å². The molecule has 1 aliphatic heterocycles. The number of likely N-dealkylation sites (tertiary alicyclic amines) is 1. The van der Waals surface area contributed by atoms with Crippen molar-refractivity contribution in [2.24, 2.45) is 13.0 Å². The van der Waals surface area contributed by atoms with Gasteiger partial charge < -0.3 is 4.57 Å². The van der Waals surface area contributed by atoms with Gasteiger partial charge in [0.15, 0.2) is 0 Å². The summed E-state index contributed by atoms with van der Waals surface area (Å²) in [6.07, 6.45) is -0.167. The molecule has 0 amide bonds. The largest absolute Gasteiger partial charge is 0.416 e. The van der Waals surface area contributed by atoms with Crippen LogP contribution in [0.5, 0.6) is 0 Å². The number of rotatable bonds is 6. The lowest BCUT2D eigenvalue weighted by molar-refractivity contribution is -0.137. The Balaban J connectivity index is 1.25. The van der Waals surface area contributed by atoms with E-state index in [1.54, 1.807) is 0 Å². The van der Waals surface area contributed by atoms with Gasteiger partial charge in [-0.15, -0.1) is 0 Å². The van der Waals surface area contributed by atoms with E-state index < -0.39 is 17.6 Å². The van der Waals surface area contributed by atoms with Gasteiger partial charge in [0.25, 0.3) is 0 Å². The third kappa shape index (κ3) is 5.26. The average molecular weight is 433 g/mol. The minimum absolute atomic E-state index is 0.423. The Hall–Kier alpha value is -2.41. The number of piperidine rings is 1. The van der Waals surface area contributed by atoms with E-state index in [1.807, 2.05) is 25.2 Å². The standard InChI is InChI=1S/C24H27F4N3/c1-30-22-8-3-2-7-21(22)29-23(30)16-31-11-9-17(10-12-31)5-4-6-18-13-19(24(26,27)28)15-20(25)14-18/h2-3,7-8,13-15,17H,4-6,9-12,16H2,1H3. The summed E-state index contributed by atoms with van der Waals surface area (Å²) in [7, 11) is 2.05.